The second-order valence-corrected chi connectivity index (χ2v) is 6.20. The van der Waals surface area contributed by atoms with Crippen molar-refractivity contribution in [2.75, 3.05) is 0 Å². The largest absolute Gasteiger partial charge is 0.378 e. The Balaban J connectivity index is 2.16. The molecule has 23 heavy (non-hydrogen) atoms. The third kappa shape index (κ3) is 2.98. The molecule has 0 bridgehead atoms. The van der Waals surface area contributed by atoms with Crippen LogP contribution >= 0.6 is 23.2 Å². The number of nitrogens with zero attached hydrogens (tertiary/aromatic N) is 3. The van der Waals surface area contributed by atoms with Crippen molar-refractivity contribution in [2.45, 2.75) is 18.6 Å². The van der Waals surface area contributed by atoms with Gasteiger partial charge >= 0.3 is 0 Å². The number of benzene rings is 2. The van der Waals surface area contributed by atoms with Crippen molar-refractivity contribution in [3.63, 3.8) is 0 Å². The minimum atomic E-state index is -1.30. The maximum atomic E-state index is 11.6. The first kappa shape index (κ1) is 16.0. The highest BCUT2D eigenvalue weighted by atomic mass is 35.5. The molecule has 0 saturated heterocycles. The fourth-order valence-corrected chi connectivity index (χ4v) is 2.92. The summed E-state index contributed by atoms with van der Waals surface area (Å²) in [6, 6.07) is 13.9. The van der Waals surface area contributed by atoms with E-state index in [-0.39, 0.29) is 6.04 Å². The Morgan fingerprint density at radius 3 is 1.83 bits per heavy atom. The third-order valence-corrected chi connectivity index (χ3v) is 4.51. The zero-order chi connectivity index (χ0) is 16.4. The van der Waals surface area contributed by atoms with E-state index in [0.29, 0.717) is 21.2 Å². The van der Waals surface area contributed by atoms with Gasteiger partial charge in [-0.2, -0.15) is 5.10 Å². The molecule has 2 aromatic carbocycles. The molecule has 118 valence electrons. The predicted molar refractivity (Wildman–Crippen MR) is 90.6 cm³/mol. The number of aromatic nitrogens is 3. The minimum absolute atomic E-state index is 0.382. The van der Waals surface area contributed by atoms with E-state index in [1.807, 2.05) is 31.2 Å². The van der Waals surface area contributed by atoms with Crippen molar-refractivity contribution in [1.82, 2.24) is 14.8 Å². The van der Waals surface area contributed by atoms with Gasteiger partial charge in [0, 0.05) is 10.0 Å². The second-order valence-electron chi connectivity index (χ2n) is 5.33. The fourth-order valence-electron chi connectivity index (χ4n) is 2.67. The highest BCUT2D eigenvalue weighted by Crippen LogP contribution is 2.39. The molecule has 0 amide bonds. The molecule has 3 aromatic rings. The van der Waals surface area contributed by atoms with E-state index in [0.717, 1.165) is 0 Å². The fraction of sp³-hybridized carbons (Fsp3) is 0.176. The molecule has 1 unspecified atom stereocenters. The van der Waals surface area contributed by atoms with Crippen molar-refractivity contribution in [2.24, 2.45) is 0 Å². The lowest BCUT2D eigenvalue weighted by Gasteiger charge is -2.35. The van der Waals surface area contributed by atoms with Gasteiger partial charge in [-0.15, -0.1) is 0 Å². The number of rotatable bonds is 4. The summed E-state index contributed by atoms with van der Waals surface area (Å²) in [6.07, 6.45) is 3.03. The summed E-state index contributed by atoms with van der Waals surface area (Å²) < 4.78 is 1.63. The Morgan fingerprint density at radius 2 is 1.43 bits per heavy atom. The number of aliphatic hydroxyl groups is 1. The van der Waals surface area contributed by atoms with Crippen molar-refractivity contribution in [3.8, 4) is 0 Å². The summed E-state index contributed by atoms with van der Waals surface area (Å²) in [6.45, 7) is 1.89. The van der Waals surface area contributed by atoms with E-state index in [1.165, 1.54) is 6.33 Å². The number of hydrogen-bond acceptors (Lipinski definition) is 3. The molecule has 0 aliphatic carbocycles. The summed E-state index contributed by atoms with van der Waals surface area (Å²) in [5.74, 6) is 0. The van der Waals surface area contributed by atoms with Gasteiger partial charge in [-0.05, 0) is 42.3 Å². The Kier molecular flexibility index (Phi) is 4.39. The molecule has 4 nitrogen and oxygen atoms in total. The van der Waals surface area contributed by atoms with Crippen LogP contribution in [0.5, 0.6) is 0 Å². The lowest BCUT2D eigenvalue weighted by atomic mass is 9.81. The molecule has 0 radical (unpaired) electrons. The molecule has 6 heteroatoms. The van der Waals surface area contributed by atoms with Crippen molar-refractivity contribution in [1.29, 1.82) is 0 Å². The van der Waals surface area contributed by atoms with Gasteiger partial charge in [-0.25, -0.2) is 9.67 Å². The van der Waals surface area contributed by atoms with Gasteiger partial charge in [-0.3, -0.25) is 0 Å². The van der Waals surface area contributed by atoms with Crippen LogP contribution in [0.3, 0.4) is 0 Å². The molecule has 0 spiro atoms. The molecule has 1 aromatic heterocycles. The third-order valence-electron chi connectivity index (χ3n) is 4.01. The van der Waals surface area contributed by atoms with E-state index < -0.39 is 5.60 Å². The summed E-state index contributed by atoms with van der Waals surface area (Å²) in [7, 11) is 0. The van der Waals surface area contributed by atoms with Crippen LogP contribution in [0.4, 0.5) is 0 Å². The zero-order valence-corrected chi connectivity index (χ0v) is 13.9. The van der Waals surface area contributed by atoms with Crippen LogP contribution in [0.25, 0.3) is 0 Å². The molecule has 0 saturated carbocycles. The molecule has 0 aliphatic rings. The summed E-state index contributed by atoms with van der Waals surface area (Å²) in [5.41, 5.74) is 0.127. The van der Waals surface area contributed by atoms with Gasteiger partial charge in [0.25, 0.3) is 0 Å². The van der Waals surface area contributed by atoms with E-state index in [4.69, 9.17) is 23.2 Å². The quantitative estimate of drug-likeness (QED) is 0.773. The van der Waals surface area contributed by atoms with Crippen LogP contribution in [0, 0.1) is 0 Å². The monoisotopic (exact) mass is 347 g/mol. The maximum Gasteiger partial charge on any atom is 0.137 e. The summed E-state index contributed by atoms with van der Waals surface area (Å²) >= 11 is 12.0. The molecule has 0 aliphatic heterocycles. The second kappa shape index (κ2) is 6.32. The minimum Gasteiger partial charge on any atom is -0.378 e. The SMILES string of the molecule is CC(n1cncn1)C(O)(c1ccc(Cl)cc1)c1ccc(Cl)cc1. The summed E-state index contributed by atoms with van der Waals surface area (Å²) in [4.78, 5) is 3.97. The predicted octanol–water partition coefficient (Wildman–Crippen LogP) is 4.08. The molecule has 3 rings (SSSR count). The summed E-state index contributed by atoms with van der Waals surface area (Å²) in [5, 5.41) is 17.0. The van der Waals surface area contributed by atoms with Crippen LogP contribution in [0.15, 0.2) is 61.2 Å². The van der Waals surface area contributed by atoms with Crippen LogP contribution < -0.4 is 0 Å². The lowest BCUT2D eigenvalue weighted by molar-refractivity contribution is 0.0246. The average molecular weight is 348 g/mol. The van der Waals surface area contributed by atoms with E-state index >= 15 is 0 Å². The molecule has 1 atom stereocenters. The molecular formula is C17H15Cl2N3O. The van der Waals surface area contributed by atoms with Gasteiger partial charge in [0.1, 0.15) is 18.3 Å². The van der Waals surface area contributed by atoms with Crippen molar-refractivity contribution in [3.05, 3.63) is 82.4 Å². The smallest absolute Gasteiger partial charge is 0.137 e. The molecule has 1 N–H and O–H groups in total. The number of halogens is 2. The first-order chi connectivity index (χ1) is 11.0. The van der Waals surface area contributed by atoms with Gasteiger partial charge in [0.05, 0.1) is 6.04 Å². The molecular weight excluding hydrogens is 333 g/mol. The normalized spacial score (nSPS) is 13.0. The Morgan fingerprint density at radius 1 is 0.957 bits per heavy atom. The van der Waals surface area contributed by atoms with Crippen molar-refractivity contribution < 1.29 is 5.11 Å². The van der Waals surface area contributed by atoms with E-state index in [9.17, 15) is 5.11 Å². The Labute approximate surface area is 144 Å². The topological polar surface area (TPSA) is 50.9 Å². The van der Waals surface area contributed by atoms with Crippen LogP contribution in [-0.4, -0.2) is 19.9 Å². The van der Waals surface area contributed by atoms with Gasteiger partial charge < -0.3 is 5.11 Å². The van der Waals surface area contributed by atoms with E-state index in [2.05, 4.69) is 10.1 Å². The lowest BCUT2D eigenvalue weighted by Crippen LogP contribution is -2.37. The van der Waals surface area contributed by atoms with Crippen LogP contribution in [-0.2, 0) is 5.60 Å². The molecule has 0 fully saturated rings. The van der Waals surface area contributed by atoms with Crippen LogP contribution in [0.1, 0.15) is 24.1 Å². The molecule has 1 heterocycles. The zero-order valence-electron chi connectivity index (χ0n) is 12.4. The number of hydrogen-bond donors (Lipinski definition) is 1. The Hall–Kier alpha value is -1.88. The highest BCUT2D eigenvalue weighted by Gasteiger charge is 2.39. The van der Waals surface area contributed by atoms with E-state index in [1.54, 1.807) is 35.3 Å². The van der Waals surface area contributed by atoms with Crippen molar-refractivity contribution >= 4 is 23.2 Å². The Bertz CT molecular complexity index is 725. The van der Waals surface area contributed by atoms with Gasteiger partial charge in [0.2, 0.25) is 0 Å². The standard InChI is InChI=1S/C17H15Cl2N3O/c1-12(22-11-20-10-21-22)17(23,13-2-6-15(18)7-3-13)14-4-8-16(19)9-5-14/h2-12,23H,1H3. The van der Waals surface area contributed by atoms with Gasteiger partial charge in [0.15, 0.2) is 0 Å². The van der Waals surface area contributed by atoms with Crippen LogP contribution in [0.2, 0.25) is 10.0 Å². The maximum absolute atomic E-state index is 11.6. The first-order valence-corrected chi connectivity index (χ1v) is 7.86. The van der Waals surface area contributed by atoms with Gasteiger partial charge in [-0.1, -0.05) is 47.5 Å². The highest BCUT2D eigenvalue weighted by molar-refractivity contribution is 6.30. The first-order valence-electron chi connectivity index (χ1n) is 7.10. The average Bonchev–Trinajstić information content (AvgIpc) is 3.09.